The Labute approximate surface area is 109 Å². The van der Waals surface area contributed by atoms with Gasteiger partial charge in [-0.1, -0.05) is 13.8 Å². The van der Waals surface area contributed by atoms with Gasteiger partial charge >= 0.3 is 0 Å². The Morgan fingerprint density at radius 3 is 2.67 bits per heavy atom. The summed E-state index contributed by atoms with van der Waals surface area (Å²) < 4.78 is 11.3. The SMILES string of the molecule is CCC(N)(CC)C(=O)C1CCOC2(CCOC2)C1. The lowest BCUT2D eigenvalue weighted by molar-refractivity contribution is -0.142. The molecule has 104 valence electrons. The fourth-order valence-electron chi connectivity index (χ4n) is 3.12. The van der Waals surface area contributed by atoms with E-state index in [2.05, 4.69) is 0 Å². The smallest absolute Gasteiger partial charge is 0.155 e. The minimum atomic E-state index is -0.650. The van der Waals surface area contributed by atoms with Crippen molar-refractivity contribution in [2.75, 3.05) is 19.8 Å². The predicted octanol–water partition coefficient (Wildman–Crippen LogP) is 1.66. The fraction of sp³-hybridized carbons (Fsp3) is 0.929. The monoisotopic (exact) mass is 255 g/mol. The van der Waals surface area contributed by atoms with Crippen molar-refractivity contribution in [3.63, 3.8) is 0 Å². The molecule has 2 rings (SSSR count). The van der Waals surface area contributed by atoms with Gasteiger partial charge in [-0.15, -0.1) is 0 Å². The van der Waals surface area contributed by atoms with E-state index in [0.717, 1.165) is 25.9 Å². The Balaban J connectivity index is 2.06. The van der Waals surface area contributed by atoms with Crippen molar-refractivity contribution < 1.29 is 14.3 Å². The molecule has 2 aliphatic rings. The van der Waals surface area contributed by atoms with Crippen molar-refractivity contribution in [1.29, 1.82) is 0 Å². The lowest BCUT2D eigenvalue weighted by Crippen LogP contribution is -2.53. The normalized spacial score (nSPS) is 32.9. The van der Waals surface area contributed by atoms with Crippen LogP contribution in [0.15, 0.2) is 0 Å². The van der Waals surface area contributed by atoms with Gasteiger partial charge in [0.25, 0.3) is 0 Å². The van der Waals surface area contributed by atoms with E-state index in [1.54, 1.807) is 0 Å². The molecule has 4 heteroatoms. The summed E-state index contributed by atoms with van der Waals surface area (Å²) in [6, 6.07) is 0. The zero-order valence-corrected chi connectivity index (χ0v) is 11.5. The Hall–Kier alpha value is -0.450. The first-order chi connectivity index (χ1) is 8.55. The molecule has 0 saturated carbocycles. The van der Waals surface area contributed by atoms with Crippen molar-refractivity contribution in [3.8, 4) is 0 Å². The van der Waals surface area contributed by atoms with E-state index in [4.69, 9.17) is 15.2 Å². The molecule has 0 aliphatic carbocycles. The van der Waals surface area contributed by atoms with E-state index < -0.39 is 5.54 Å². The summed E-state index contributed by atoms with van der Waals surface area (Å²) in [5.41, 5.74) is 5.38. The van der Waals surface area contributed by atoms with E-state index >= 15 is 0 Å². The Bertz CT molecular complexity index is 306. The third kappa shape index (κ3) is 2.46. The van der Waals surface area contributed by atoms with Gasteiger partial charge in [0.1, 0.15) is 0 Å². The molecule has 2 saturated heterocycles. The number of carbonyl (C=O) groups excluding carboxylic acids is 1. The van der Waals surface area contributed by atoms with Crippen LogP contribution in [0, 0.1) is 5.92 Å². The van der Waals surface area contributed by atoms with Crippen LogP contribution in [-0.2, 0) is 14.3 Å². The summed E-state index contributed by atoms with van der Waals surface area (Å²) in [4.78, 5) is 12.6. The number of hydrogen-bond acceptors (Lipinski definition) is 4. The maximum atomic E-state index is 12.6. The lowest BCUT2D eigenvalue weighted by Gasteiger charge is -2.39. The van der Waals surface area contributed by atoms with Crippen LogP contribution in [0.3, 0.4) is 0 Å². The molecule has 0 aromatic carbocycles. The molecule has 1 spiro atoms. The van der Waals surface area contributed by atoms with E-state index in [0.29, 0.717) is 26.1 Å². The molecule has 2 atom stereocenters. The highest BCUT2D eigenvalue weighted by Crippen LogP contribution is 2.37. The first-order valence-corrected chi connectivity index (χ1v) is 7.10. The first-order valence-electron chi connectivity index (χ1n) is 7.10. The number of ether oxygens (including phenoxy) is 2. The summed E-state index contributed by atoms with van der Waals surface area (Å²) in [6.45, 7) is 6.02. The van der Waals surface area contributed by atoms with Gasteiger partial charge in [0.2, 0.25) is 0 Å². The summed E-state index contributed by atoms with van der Waals surface area (Å²) in [7, 11) is 0. The number of rotatable bonds is 4. The quantitative estimate of drug-likeness (QED) is 0.830. The van der Waals surface area contributed by atoms with Crippen molar-refractivity contribution in [2.24, 2.45) is 11.7 Å². The highest BCUT2D eigenvalue weighted by Gasteiger charge is 2.46. The summed E-state index contributed by atoms with van der Waals surface area (Å²) in [5, 5.41) is 0. The molecule has 0 bridgehead atoms. The minimum absolute atomic E-state index is 0.0466. The molecule has 0 aromatic rings. The molecule has 0 amide bonds. The maximum Gasteiger partial charge on any atom is 0.155 e. The second-order valence-electron chi connectivity index (χ2n) is 5.75. The molecule has 0 aromatic heterocycles. The molecule has 2 N–H and O–H groups in total. The zero-order valence-electron chi connectivity index (χ0n) is 11.5. The average molecular weight is 255 g/mol. The highest BCUT2D eigenvalue weighted by atomic mass is 16.6. The van der Waals surface area contributed by atoms with E-state index in [-0.39, 0.29) is 17.3 Å². The number of hydrogen-bond donors (Lipinski definition) is 1. The van der Waals surface area contributed by atoms with Gasteiger partial charge in [-0.3, -0.25) is 4.79 Å². The Morgan fingerprint density at radius 1 is 1.39 bits per heavy atom. The van der Waals surface area contributed by atoms with Crippen LogP contribution in [0.2, 0.25) is 0 Å². The highest BCUT2D eigenvalue weighted by molar-refractivity contribution is 5.90. The first kappa shape index (κ1) is 14.0. The topological polar surface area (TPSA) is 61.6 Å². The molecule has 0 radical (unpaired) electrons. The van der Waals surface area contributed by atoms with Crippen LogP contribution in [0.25, 0.3) is 0 Å². The van der Waals surface area contributed by atoms with Crippen molar-refractivity contribution in [2.45, 2.75) is 57.1 Å². The summed E-state index contributed by atoms with van der Waals surface area (Å²) in [6.07, 6.45) is 3.92. The van der Waals surface area contributed by atoms with Crippen molar-refractivity contribution >= 4 is 5.78 Å². The summed E-state index contributed by atoms with van der Waals surface area (Å²) >= 11 is 0. The molecule has 4 nitrogen and oxygen atoms in total. The third-order valence-corrected chi connectivity index (χ3v) is 4.68. The van der Waals surface area contributed by atoms with E-state index in [9.17, 15) is 4.79 Å². The molecule has 2 fully saturated rings. The second kappa shape index (κ2) is 5.27. The van der Waals surface area contributed by atoms with Crippen molar-refractivity contribution in [1.82, 2.24) is 0 Å². The largest absolute Gasteiger partial charge is 0.378 e. The van der Waals surface area contributed by atoms with E-state index in [1.165, 1.54) is 0 Å². The summed E-state index contributed by atoms with van der Waals surface area (Å²) in [5.74, 6) is 0.271. The van der Waals surface area contributed by atoms with Gasteiger partial charge in [0.05, 0.1) is 17.7 Å². The van der Waals surface area contributed by atoms with Gasteiger partial charge in [-0.05, 0) is 25.7 Å². The van der Waals surface area contributed by atoms with Crippen LogP contribution in [0.5, 0.6) is 0 Å². The fourth-order valence-corrected chi connectivity index (χ4v) is 3.12. The molecule has 2 unspecified atom stereocenters. The van der Waals surface area contributed by atoms with Crippen LogP contribution in [-0.4, -0.2) is 36.7 Å². The van der Waals surface area contributed by atoms with Crippen LogP contribution >= 0.6 is 0 Å². The third-order valence-electron chi connectivity index (χ3n) is 4.68. The van der Waals surface area contributed by atoms with Gasteiger partial charge in [0, 0.05) is 25.6 Å². The van der Waals surface area contributed by atoms with Gasteiger partial charge in [-0.25, -0.2) is 0 Å². The molecule has 2 heterocycles. The predicted molar refractivity (Wildman–Crippen MR) is 69.4 cm³/mol. The standard InChI is InChI=1S/C14H25NO3/c1-3-14(15,4-2)12(16)11-5-7-18-13(9-11)6-8-17-10-13/h11H,3-10,15H2,1-2H3. The van der Waals surface area contributed by atoms with Gasteiger partial charge in [0.15, 0.2) is 5.78 Å². The molecule has 2 aliphatic heterocycles. The molecular formula is C14H25NO3. The molecular weight excluding hydrogens is 230 g/mol. The van der Waals surface area contributed by atoms with Crippen LogP contribution in [0.1, 0.15) is 46.0 Å². The van der Waals surface area contributed by atoms with Gasteiger partial charge < -0.3 is 15.2 Å². The number of nitrogens with two attached hydrogens (primary N) is 1. The minimum Gasteiger partial charge on any atom is -0.378 e. The van der Waals surface area contributed by atoms with Crippen LogP contribution < -0.4 is 5.73 Å². The zero-order chi connectivity index (χ0) is 13.2. The average Bonchev–Trinajstić information content (AvgIpc) is 2.85. The van der Waals surface area contributed by atoms with E-state index in [1.807, 2.05) is 13.8 Å². The maximum absolute atomic E-state index is 12.6. The number of carbonyl (C=O) groups is 1. The van der Waals surface area contributed by atoms with Gasteiger partial charge in [-0.2, -0.15) is 0 Å². The van der Waals surface area contributed by atoms with Crippen molar-refractivity contribution in [3.05, 3.63) is 0 Å². The lowest BCUT2D eigenvalue weighted by atomic mass is 9.75. The number of ketones is 1. The van der Waals surface area contributed by atoms with Crippen LogP contribution in [0.4, 0.5) is 0 Å². The molecule has 18 heavy (non-hydrogen) atoms. The number of Topliss-reactive ketones (excluding diaryl/α,β-unsaturated/α-hetero) is 1. The Kier molecular flexibility index (Phi) is 4.09. The second-order valence-corrected chi connectivity index (χ2v) is 5.75. The Morgan fingerprint density at radius 2 is 2.11 bits per heavy atom.